The lowest BCUT2D eigenvalue weighted by Crippen LogP contribution is -2.14. The molecule has 70 valence electrons. The lowest BCUT2D eigenvalue weighted by atomic mass is 9.87. The minimum atomic E-state index is 0.457. The van der Waals surface area contributed by atoms with E-state index < -0.39 is 0 Å². The van der Waals surface area contributed by atoms with Crippen molar-refractivity contribution in [3.8, 4) is 0 Å². The van der Waals surface area contributed by atoms with Gasteiger partial charge in [-0.25, -0.2) is 4.98 Å². The van der Waals surface area contributed by atoms with E-state index in [1.165, 1.54) is 25.0 Å². The largest absolute Gasteiger partial charge is 0.374 e. The first-order chi connectivity index (χ1) is 6.33. The van der Waals surface area contributed by atoms with Gasteiger partial charge in [0.15, 0.2) is 3.92 Å². The molecule has 0 radical (unpaired) electrons. The number of ether oxygens (including phenoxy) is 1. The zero-order chi connectivity index (χ0) is 8.84. The van der Waals surface area contributed by atoms with Gasteiger partial charge in [-0.3, -0.25) is 0 Å². The van der Waals surface area contributed by atoms with Gasteiger partial charge < -0.3 is 4.74 Å². The van der Waals surface area contributed by atoms with Crippen molar-refractivity contribution in [1.29, 1.82) is 0 Å². The molecule has 13 heavy (non-hydrogen) atoms. The predicted octanol–water partition coefficient (Wildman–Crippen LogP) is 2.94. The number of rotatable bonds is 1. The van der Waals surface area contributed by atoms with Gasteiger partial charge >= 0.3 is 0 Å². The topological polar surface area (TPSA) is 22.1 Å². The summed E-state index contributed by atoms with van der Waals surface area (Å²) in [7, 11) is 0. The van der Waals surface area contributed by atoms with Gasteiger partial charge in [0.2, 0.25) is 0 Å². The third kappa shape index (κ3) is 1.35. The van der Waals surface area contributed by atoms with E-state index >= 15 is 0 Å². The molecule has 0 N–H and O–H groups in total. The van der Waals surface area contributed by atoms with Gasteiger partial charge in [0.05, 0.1) is 17.9 Å². The summed E-state index contributed by atoms with van der Waals surface area (Å²) in [6.07, 6.45) is 4.65. The van der Waals surface area contributed by atoms with Crippen molar-refractivity contribution in [3.63, 3.8) is 0 Å². The van der Waals surface area contributed by atoms with E-state index in [2.05, 4.69) is 26.3 Å². The Labute approximate surface area is 89.5 Å². The molecule has 2 aliphatic rings. The number of fused-ring (bicyclic) bond motifs is 2. The van der Waals surface area contributed by atoms with Crippen LogP contribution in [-0.4, -0.2) is 17.2 Å². The molecule has 3 unspecified atom stereocenters. The number of nitrogens with zero attached hydrogens (tertiary/aromatic N) is 1. The fourth-order valence-electron chi connectivity index (χ4n) is 2.38. The summed E-state index contributed by atoms with van der Waals surface area (Å²) in [5.74, 6) is 0.571. The van der Waals surface area contributed by atoms with E-state index in [4.69, 9.17) is 4.74 Å². The Kier molecular flexibility index (Phi) is 1.96. The maximum absolute atomic E-state index is 5.80. The Morgan fingerprint density at radius 2 is 2.46 bits per heavy atom. The summed E-state index contributed by atoms with van der Waals surface area (Å²) in [5, 5.41) is 2.15. The van der Waals surface area contributed by atoms with Crippen molar-refractivity contribution in [2.24, 2.45) is 0 Å². The molecule has 2 aliphatic heterocycles. The Morgan fingerprint density at radius 1 is 1.54 bits per heavy atom. The summed E-state index contributed by atoms with van der Waals surface area (Å²) in [4.78, 5) is 4.47. The molecule has 2 bridgehead atoms. The third-order valence-electron chi connectivity index (χ3n) is 2.98. The van der Waals surface area contributed by atoms with Crippen LogP contribution in [0.25, 0.3) is 0 Å². The fraction of sp³-hybridized carbons (Fsp3) is 0.667. The van der Waals surface area contributed by atoms with Gasteiger partial charge in [-0.05, 0) is 35.2 Å². The predicted molar refractivity (Wildman–Crippen MR) is 55.1 cm³/mol. The summed E-state index contributed by atoms with van der Waals surface area (Å²) >= 11 is 5.07. The summed E-state index contributed by atoms with van der Waals surface area (Å²) in [6, 6.07) is 0. The summed E-state index contributed by atoms with van der Waals surface area (Å²) < 4.78 is 6.79. The first-order valence-corrected chi connectivity index (χ1v) is 6.26. The van der Waals surface area contributed by atoms with E-state index in [-0.39, 0.29) is 0 Å². The Bertz CT molecular complexity index is 327. The lowest BCUT2D eigenvalue weighted by Gasteiger charge is -2.15. The Hall–Kier alpha value is 0.0700. The molecule has 0 amide bonds. The fourth-order valence-corrected chi connectivity index (χ4v) is 3.47. The molecule has 1 aromatic heterocycles. The minimum absolute atomic E-state index is 0.457. The van der Waals surface area contributed by atoms with Crippen molar-refractivity contribution >= 4 is 27.3 Å². The molecular weight excluding hydrogens is 250 g/mol. The second-order valence-corrected chi connectivity index (χ2v) is 5.88. The SMILES string of the molecule is Brc1nc(C2CC3CCC2O3)cs1. The van der Waals surface area contributed by atoms with Crippen LogP contribution in [0.4, 0.5) is 0 Å². The lowest BCUT2D eigenvalue weighted by molar-refractivity contribution is 0.100. The number of halogens is 1. The van der Waals surface area contributed by atoms with Crippen molar-refractivity contribution in [3.05, 3.63) is 15.0 Å². The van der Waals surface area contributed by atoms with Crippen LogP contribution in [0.2, 0.25) is 0 Å². The van der Waals surface area contributed by atoms with Crippen LogP contribution in [0.1, 0.15) is 30.9 Å². The van der Waals surface area contributed by atoms with Crippen molar-refractivity contribution < 1.29 is 4.74 Å². The standard InChI is InChI=1S/C9H10BrNOS/c10-9-11-7(4-13-9)6-3-5-1-2-8(6)12-5/h4-6,8H,1-3H2. The van der Waals surface area contributed by atoms with Crippen molar-refractivity contribution in [2.45, 2.75) is 37.4 Å². The number of hydrogen-bond donors (Lipinski definition) is 0. The Morgan fingerprint density at radius 3 is 3.00 bits per heavy atom. The molecule has 0 aromatic carbocycles. The molecule has 4 heteroatoms. The third-order valence-corrected chi connectivity index (χ3v) is 4.36. The quantitative estimate of drug-likeness (QED) is 0.774. The monoisotopic (exact) mass is 259 g/mol. The molecule has 2 nitrogen and oxygen atoms in total. The van der Waals surface area contributed by atoms with Crippen LogP contribution in [0.5, 0.6) is 0 Å². The van der Waals surface area contributed by atoms with Crippen molar-refractivity contribution in [1.82, 2.24) is 4.98 Å². The average Bonchev–Trinajstić information content (AvgIpc) is 2.77. The number of thiazole rings is 1. The highest BCUT2D eigenvalue weighted by Crippen LogP contribution is 2.44. The second kappa shape index (κ2) is 3.04. The highest BCUT2D eigenvalue weighted by Gasteiger charge is 2.42. The van der Waals surface area contributed by atoms with Gasteiger partial charge in [0, 0.05) is 11.3 Å². The van der Waals surface area contributed by atoms with Crippen LogP contribution >= 0.6 is 27.3 Å². The molecule has 2 fully saturated rings. The smallest absolute Gasteiger partial charge is 0.159 e. The molecular formula is C9H10BrNOS. The van der Waals surface area contributed by atoms with E-state index in [0.717, 1.165) is 3.92 Å². The maximum Gasteiger partial charge on any atom is 0.159 e. The zero-order valence-electron chi connectivity index (χ0n) is 7.07. The molecule has 1 aromatic rings. The van der Waals surface area contributed by atoms with Gasteiger partial charge in [0.25, 0.3) is 0 Å². The molecule has 0 spiro atoms. The van der Waals surface area contributed by atoms with E-state index in [9.17, 15) is 0 Å². The van der Waals surface area contributed by atoms with Crippen LogP contribution in [0, 0.1) is 0 Å². The molecule has 3 atom stereocenters. The van der Waals surface area contributed by atoms with Gasteiger partial charge in [-0.15, -0.1) is 11.3 Å². The number of aromatic nitrogens is 1. The van der Waals surface area contributed by atoms with Crippen LogP contribution in [0.15, 0.2) is 9.30 Å². The molecule has 3 rings (SSSR count). The van der Waals surface area contributed by atoms with Crippen LogP contribution in [0.3, 0.4) is 0 Å². The van der Waals surface area contributed by atoms with Crippen LogP contribution in [-0.2, 0) is 4.74 Å². The van der Waals surface area contributed by atoms with Crippen LogP contribution < -0.4 is 0 Å². The van der Waals surface area contributed by atoms with E-state index in [1.807, 2.05) is 0 Å². The van der Waals surface area contributed by atoms with Gasteiger partial charge in [-0.1, -0.05) is 0 Å². The maximum atomic E-state index is 5.80. The molecule has 2 saturated heterocycles. The average molecular weight is 260 g/mol. The minimum Gasteiger partial charge on any atom is -0.374 e. The Balaban J connectivity index is 1.87. The highest BCUT2D eigenvalue weighted by molar-refractivity contribution is 9.11. The molecule has 0 aliphatic carbocycles. The first-order valence-electron chi connectivity index (χ1n) is 4.59. The van der Waals surface area contributed by atoms with E-state index in [0.29, 0.717) is 18.1 Å². The van der Waals surface area contributed by atoms with Gasteiger partial charge in [-0.2, -0.15) is 0 Å². The number of hydrogen-bond acceptors (Lipinski definition) is 3. The molecule has 0 saturated carbocycles. The highest BCUT2D eigenvalue weighted by atomic mass is 79.9. The zero-order valence-corrected chi connectivity index (χ0v) is 9.47. The molecule has 3 heterocycles. The summed E-state index contributed by atoms with van der Waals surface area (Å²) in [5.41, 5.74) is 1.23. The first kappa shape index (κ1) is 8.38. The van der Waals surface area contributed by atoms with Crippen molar-refractivity contribution in [2.75, 3.05) is 0 Å². The second-order valence-electron chi connectivity index (χ2n) is 3.74. The van der Waals surface area contributed by atoms with E-state index in [1.54, 1.807) is 11.3 Å². The van der Waals surface area contributed by atoms with Gasteiger partial charge in [0.1, 0.15) is 0 Å². The summed E-state index contributed by atoms with van der Waals surface area (Å²) in [6.45, 7) is 0. The normalized spacial score (nSPS) is 37.2.